The number of hydrogen-bond donors (Lipinski definition) is 5. The Labute approximate surface area is 250 Å². The highest BCUT2D eigenvalue weighted by molar-refractivity contribution is 5.95. The average molecular weight is 581 g/mol. The van der Waals surface area contributed by atoms with Gasteiger partial charge in [-0.1, -0.05) is 103 Å². The summed E-state index contributed by atoms with van der Waals surface area (Å²) in [6, 6.07) is 28.5. The molecular weight excluding hydrogens is 544 g/mol. The summed E-state index contributed by atoms with van der Waals surface area (Å²) in [6.07, 6.45) is -0.888. The second-order valence-electron chi connectivity index (χ2n) is 10.5. The molecule has 0 bridgehead atoms. The first-order valence-corrected chi connectivity index (χ1v) is 14.1. The van der Waals surface area contributed by atoms with E-state index in [4.69, 9.17) is 5.73 Å². The number of aliphatic hydroxyl groups is 1. The van der Waals surface area contributed by atoms with Gasteiger partial charge in [-0.3, -0.25) is 19.2 Å². The van der Waals surface area contributed by atoms with Crippen molar-refractivity contribution in [1.29, 1.82) is 0 Å². The maximum atomic E-state index is 13.7. The Balaban J connectivity index is 1.54. The van der Waals surface area contributed by atoms with Crippen molar-refractivity contribution in [1.82, 2.24) is 16.0 Å². The van der Waals surface area contributed by atoms with Gasteiger partial charge in [-0.25, -0.2) is 0 Å². The summed E-state index contributed by atoms with van der Waals surface area (Å²) in [4.78, 5) is 52.1. The third-order valence-electron chi connectivity index (χ3n) is 7.12. The quantitative estimate of drug-likeness (QED) is 0.164. The SMILES string of the molecule is CC(O)C(NC(=O)C(Cc1ccccc1)NC(=O)C(Cc1ccccc1)NC(=O)Cc1ccc2ccccc2c1)C(N)=O. The van der Waals surface area contributed by atoms with Crippen molar-refractivity contribution in [2.24, 2.45) is 5.73 Å². The topological polar surface area (TPSA) is 151 Å². The van der Waals surface area contributed by atoms with Crippen LogP contribution in [0.4, 0.5) is 0 Å². The lowest BCUT2D eigenvalue weighted by atomic mass is 10.0. The lowest BCUT2D eigenvalue weighted by molar-refractivity contribution is -0.134. The van der Waals surface area contributed by atoms with Gasteiger partial charge in [0.1, 0.15) is 18.1 Å². The van der Waals surface area contributed by atoms with Gasteiger partial charge >= 0.3 is 0 Å². The van der Waals surface area contributed by atoms with Gasteiger partial charge < -0.3 is 26.8 Å². The van der Waals surface area contributed by atoms with Crippen molar-refractivity contribution in [3.05, 3.63) is 120 Å². The zero-order chi connectivity index (χ0) is 30.8. The van der Waals surface area contributed by atoms with E-state index in [1.165, 1.54) is 6.92 Å². The molecule has 0 spiro atoms. The summed E-state index contributed by atoms with van der Waals surface area (Å²) in [5, 5.41) is 20.1. The number of carbonyl (C=O) groups excluding carboxylic acids is 4. The first-order valence-electron chi connectivity index (χ1n) is 14.1. The van der Waals surface area contributed by atoms with Crippen LogP contribution in [0.25, 0.3) is 10.8 Å². The van der Waals surface area contributed by atoms with Gasteiger partial charge in [0.05, 0.1) is 12.5 Å². The van der Waals surface area contributed by atoms with E-state index in [9.17, 15) is 24.3 Å². The van der Waals surface area contributed by atoms with Crippen LogP contribution in [-0.4, -0.2) is 53.0 Å². The van der Waals surface area contributed by atoms with E-state index in [0.29, 0.717) is 0 Å². The van der Waals surface area contributed by atoms with Gasteiger partial charge in [-0.15, -0.1) is 0 Å². The fourth-order valence-corrected chi connectivity index (χ4v) is 4.85. The highest BCUT2D eigenvalue weighted by Gasteiger charge is 2.31. The molecule has 0 aliphatic heterocycles. The van der Waals surface area contributed by atoms with Crippen molar-refractivity contribution in [2.75, 3.05) is 0 Å². The van der Waals surface area contributed by atoms with Gasteiger partial charge in [0.25, 0.3) is 0 Å². The van der Waals surface area contributed by atoms with Crippen LogP contribution in [0.15, 0.2) is 103 Å². The summed E-state index contributed by atoms with van der Waals surface area (Å²) in [6.45, 7) is 1.33. The van der Waals surface area contributed by atoms with Gasteiger partial charge in [-0.05, 0) is 34.4 Å². The summed E-state index contributed by atoms with van der Waals surface area (Å²) in [5.41, 5.74) is 7.75. The standard InChI is InChI=1S/C34H36N4O5/c1-22(39)31(32(35)41)38-34(43)29(20-24-12-6-3-7-13-24)37-33(42)28(19-23-10-4-2-5-11-23)36-30(40)21-25-16-17-26-14-8-9-15-27(26)18-25/h2-18,22,28-29,31,39H,19-21H2,1H3,(H2,35,41)(H,36,40)(H,37,42)(H,38,43). The number of hydrogen-bond acceptors (Lipinski definition) is 5. The fourth-order valence-electron chi connectivity index (χ4n) is 4.85. The van der Waals surface area contributed by atoms with Crippen LogP contribution in [0.5, 0.6) is 0 Å². The summed E-state index contributed by atoms with van der Waals surface area (Å²) in [7, 11) is 0. The van der Waals surface area contributed by atoms with E-state index in [2.05, 4.69) is 16.0 Å². The second kappa shape index (κ2) is 14.7. The van der Waals surface area contributed by atoms with E-state index in [1.807, 2.05) is 78.9 Å². The van der Waals surface area contributed by atoms with E-state index >= 15 is 0 Å². The van der Waals surface area contributed by atoms with E-state index in [-0.39, 0.29) is 25.2 Å². The molecule has 0 aromatic heterocycles. The maximum Gasteiger partial charge on any atom is 0.243 e. The largest absolute Gasteiger partial charge is 0.391 e. The van der Waals surface area contributed by atoms with Crippen LogP contribution in [0.3, 0.4) is 0 Å². The molecule has 4 aromatic rings. The molecule has 4 unspecified atom stereocenters. The number of carbonyl (C=O) groups is 4. The molecule has 6 N–H and O–H groups in total. The monoisotopic (exact) mass is 580 g/mol. The van der Waals surface area contributed by atoms with Gasteiger partial charge in [0.15, 0.2) is 0 Å². The number of nitrogens with two attached hydrogens (primary N) is 1. The molecule has 9 heteroatoms. The molecule has 222 valence electrons. The Morgan fingerprint density at radius 3 is 1.72 bits per heavy atom. The summed E-state index contributed by atoms with van der Waals surface area (Å²) in [5.74, 6) is -2.52. The molecule has 4 rings (SSSR count). The van der Waals surface area contributed by atoms with Gasteiger partial charge in [-0.2, -0.15) is 0 Å². The number of nitrogens with one attached hydrogen (secondary N) is 3. The number of benzene rings is 4. The average Bonchev–Trinajstić information content (AvgIpc) is 2.99. The van der Waals surface area contributed by atoms with Crippen LogP contribution < -0.4 is 21.7 Å². The molecule has 0 fully saturated rings. The Morgan fingerprint density at radius 2 is 1.16 bits per heavy atom. The summed E-state index contributed by atoms with van der Waals surface area (Å²) >= 11 is 0. The van der Waals surface area contributed by atoms with Gasteiger partial charge in [0.2, 0.25) is 23.6 Å². The molecule has 0 aliphatic rings. The second-order valence-corrected chi connectivity index (χ2v) is 10.5. The fraction of sp³-hybridized carbons (Fsp3) is 0.235. The highest BCUT2D eigenvalue weighted by atomic mass is 16.3. The number of amides is 4. The van der Waals surface area contributed by atoms with Crippen molar-refractivity contribution < 1.29 is 24.3 Å². The Hall–Kier alpha value is -5.02. The van der Waals surface area contributed by atoms with Gasteiger partial charge in [0, 0.05) is 12.8 Å². The molecule has 4 atom stereocenters. The molecule has 43 heavy (non-hydrogen) atoms. The number of rotatable bonds is 13. The number of fused-ring (bicyclic) bond motifs is 1. The smallest absolute Gasteiger partial charge is 0.243 e. The number of aliphatic hydroxyl groups excluding tert-OH is 1. The maximum absolute atomic E-state index is 13.7. The van der Waals surface area contributed by atoms with E-state index < -0.39 is 42.0 Å². The highest BCUT2D eigenvalue weighted by Crippen LogP contribution is 2.16. The molecule has 0 saturated carbocycles. The molecule has 0 radical (unpaired) electrons. The third-order valence-corrected chi connectivity index (χ3v) is 7.12. The first kappa shape index (κ1) is 30.9. The van der Waals surface area contributed by atoms with Crippen LogP contribution >= 0.6 is 0 Å². The van der Waals surface area contributed by atoms with Crippen LogP contribution in [0.2, 0.25) is 0 Å². The van der Waals surface area contributed by atoms with E-state index in [1.54, 1.807) is 24.3 Å². The minimum absolute atomic E-state index is 0.0615. The zero-order valence-corrected chi connectivity index (χ0v) is 23.9. The Kier molecular flexibility index (Phi) is 10.6. The third kappa shape index (κ3) is 8.98. The molecule has 4 amide bonds. The van der Waals surface area contributed by atoms with Crippen LogP contribution in [0, 0.1) is 0 Å². The molecule has 9 nitrogen and oxygen atoms in total. The zero-order valence-electron chi connectivity index (χ0n) is 23.9. The first-order chi connectivity index (χ1) is 20.7. The summed E-state index contributed by atoms with van der Waals surface area (Å²) < 4.78 is 0. The Morgan fingerprint density at radius 1 is 0.651 bits per heavy atom. The normalized spacial score (nSPS) is 13.7. The molecule has 0 heterocycles. The van der Waals surface area contributed by atoms with Crippen molar-refractivity contribution >= 4 is 34.4 Å². The lowest BCUT2D eigenvalue weighted by Gasteiger charge is -2.26. The van der Waals surface area contributed by atoms with Crippen molar-refractivity contribution in [2.45, 2.75) is 50.4 Å². The van der Waals surface area contributed by atoms with E-state index in [0.717, 1.165) is 27.5 Å². The lowest BCUT2D eigenvalue weighted by Crippen LogP contribution is -2.59. The minimum Gasteiger partial charge on any atom is -0.391 e. The van der Waals surface area contributed by atoms with Crippen molar-refractivity contribution in [3.63, 3.8) is 0 Å². The Bertz CT molecular complexity index is 1560. The minimum atomic E-state index is -1.34. The van der Waals surface area contributed by atoms with Crippen LogP contribution in [-0.2, 0) is 38.4 Å². The predicted octanol–water partition coefficient (Wildman–Crippen LogP) is 2.19. The number of primary amides is 1. The molecule has 4 aromatic carbocycles. The molecule has 0 aliphatic carbocycles. The van der Waals surface area contributed by atoms with Crippen molar-refractivity contribution in [3.8, 4) is 0 Å². The molecule has 0 saturated heterocycles. The molecular formula is C34H36N4O5. The van der Waals surface area contributed by atoms with Crippen LogP contribution in [0.1, 0.15) is 23.6 Å². The predicted molar refractivity (Wildman–Crippen MR) is 165 cm³/mol.